The summed E-state index contributed by atoms with van der Waals surface area (Å²) in [5, 5.41) is 6.43. The number of rotatable bonds is 8. The van der Waals surface area contributed by atoms with Gasteiger partial charge in [0.15, 0.2) is 5.65 Å². The summed E-state index contributed by atoms with van der Waals surface area (Å²) in [6.07, 6.45) is 2.74. The summed E-state index contributed by atoms with van der Waals surface area (Å²) in [7, 11) is 2.14. The summed E-state index contributed by atoms with van der Waals surface area (Å²) in [5.41, 5.74) is 4.38. The molecule has 12 nitrogen and oxygen atoms in total. The topological polar surface area (TPSA) is 122 Å². The number of imidazole rings is 1. The molecule has 0 aliphatic carbocycles. The van der Waals surface area contributed by atoms with Crippen molar-refractivity contribution in [1.29, 1.82) is 0 Å². The van der Waals surface area contributed by atoms with Gasteiger partial charge in [-0.3, -0.25) is 14.2 Å². The van der Waals surface area contributed by atoms with Crippen LogP contribution in [0.5, 0.6) is 5.75 Å². The number of likely N-dealkylation sites (N-methyl/N-ethyl adjacent to an activating group) is 1. The third-order valence-corrected chi connectivity index (χ3v) is 8.09. The Morgan fingerprint density at radius 1 is 1.00 bits per heavy atom. The second-order valence-electron chi connectivity index (χ2n) is 11.1. The minimum absolute atomic E-state index is 0.283. The first kappa shape index (κ1) is 29.0. The largest absolute Gasteiger partial charge is 0.492 e. The molecule has 3 aromatic carbocycles. The predicted octanol–water partition coefficient (Wildman–Crippen LogP) is 4.60. The molecule has 46 heavy (non-hydrogen) atoms. The summed E-state index contributed by atoms with van der Waals surface area (Å²) in [6.45, 7) is 9.86. The third-order valence-electron chi connectivity index (χ3n) is 8.09. The van der Waals surface area contributed by atoms with E-state index in [-0.39, 0.29) is 17.4 Å². The van der Waals surface area contributed by atoms with E-state index in [1.807, 2.05) is 55.5 Å². The van der Waals surface area contributed by atoms with Gasteiger partial charge in [0.05, 0.1) is 29.0 Å². The van der Waals surface area contributed by atoms with Gasteiger partial charge in [-0.2, -0.15) is 4.98 Å². The summed E-state index contributed by atoms with van der Waals surface area (Å²) in [5.74, 6) is 1.00. The van der Waals surface area contributed by atoms with Crippen LogP contribution in [-0.4, -0.2) is 74.6 Å². The highest BCUT2D eigenvalue weighted by atomic mass is 16.5. The molecule has 4 heterocycles. The minimum atomic E-state index is -0.337. The van der Waals surface area contributed by atoms with Gasteiger partial charge in [0.25, 0.3) is 5.56 Å². The van der Waals surface area contributed by atoms with Crippen LogP contribution in [0.2, 0.25) is 0 Å². The Balaban J connectivity index is 1.37. The standard InChI is InChI=1S/C34H33N9O3/c1-4-30(44)36-22-9-8-10-24(19-22)42-31-25(32(45)43-28-12-7-6-11-26(28)38-34(42)43)21-35-33(39-31)37-27-14-13-23(20-29(27)46-5-2)41-17-15-40(3)16-18-41/h4,6-14,19-21H,1,5,15-18H2,2-3H3,(H,36,44)(H,35,37,39). The lowest BCUT2D eigenvalue weighted by Gasteiger charge is -2.34. The van der Waals surface area contributed by atoms with Crippen LogP contribution >= 0.6 is 0 Å². The van der Waals surface area contributed by atoms with Crippen molar-refractivity contribution < 1.29 is 9.53 Å². The highest BCUT2D eigenvalue weighted by Crippen LogP contribution is 2.33. The van der Waals surface area contributed by atoms with Crippen LogP contribution in [0.3, 0.4) is 0 Å². The smallest absolute Gasteiger partial charge is 0.270 e. The molecule has 0 bridgehead atoms. The fraction of sp³-hybridized carbons (Fsp3) is 0.206. The maximum atomic E-state index is 13.9. The van der Waals surface area contributed by atoms with Crippen molar-refractivity contribution >= 4 is 56.8 Å². The SMILES string of the molecule is C=CC(=O)Nc1cccc(-n2c3nc(Nc4ccc(N5CCN(C)CC5)cc4OCC)ncc3c(=O)n3c4ccccc4nc23)c1. The van der Waals surface area contributed by atoms with Gasteiger partial charge in [-0.15, -0.1) is 0 Å². The number of anilines is 4. The van der Waals surface area contributed by atoms with E-state index in [9.17, 15) is 9.59 Å². The maximum absolute atomic E-state index is 13.9. The van der Waals surface area contributed by atoms with Gasteiger partial charge in [-0.1, -0.05) is 24.8 Å². The quantitative estimate of drug-likeness (QED) is 0.237. The zero-order valence-electron chi connectivity index (χ0n) is 25.6. The van der Waals surface area contributed by atoms with Crippen molar-refractivity contribution in [3.8, 4) is 11.4 Å². The molecule has 0 unspecified atom stereocenters. The van der Waals surface area contributed by atoms with Crippen LogP contribution in [0.25, 0.3) is 33.5 Å². The summed E-state index contributed by atoms with van der Waals surface area (Å²) >= 11 is 0. The molecule has 232 valence electrons. The molecule has 0 atom stereocenters. The number of amides is 1. The lowest BCUT2D eigenvalue weighted by Crippen LogP contribution is -2.44. The molecule has 0 spiro atoms. The molecule has 1 aliphatic rings. The first-order chi connectivity index (χ1) is 22.4. The number of benzene rings is 3. The van der Waals surface area contributed by atoms with E-state index in [4.69, 9.17) is 14.7 Å². The normalized spacial score (nSPS) is 13.7. The van der Waals surface area contributed by atoms with E-state index in [0.717, 1.165) is 31.9 Å². The van der Waals surface area contributed by atoms with Gasteiger partial charge in [-0.05, 0) is 62.5 Å². The van der Waals surface area contributed by atoms with Gasteiger partial charge < -0.3 is 25.2 Å². The molecule has 1 amide bonds. The molecular weight excluding hydrogens is 582 g/mol. The molecule has 0 radical (unpaired) electrons. The Hall–Kier alpha value is -5.75. The lowest BCUT2D eigenvalue weighted by molar-refractivity contribution is -0.111. The summed E-state index contributed by atoms with van der Waals surface area (Å²) < 4.78 is 9.40. The number of nitrogens with zero attached hydrogens (tertiary/aromatic N) is 7. The Labute approximate surface area is 264 Å². The number of carbonyl (C=O) groups is 1. The average Bonchev–Trinajstić information content (AvgIpc) is 3.46. The Morgan fingerprint density at radius 2 is 1.83 bits per heavy atom. The molecule has 7 rings (SSSR count). The molecule has 3 aromatic heterocycles. The fourth-order valence-corrected chi connectivity index (χ4v) is 5.76. The van der Waals surface area contributed by atoms with Crippen LogP contribution in [0, 0.1) is 0 Å². The van der Waals surface area contributed by atoms with Crippen molar-refractivity contribution in [2.24, 2.45) is 0 Å². The van der Waals surface area contributed by atoms with E-state index < -0.39 is 0 Å². The zero-order chi connectivity index (χ0) is 31.8. The van der Waals surface area contributed by atoms with Crippen molar-refractivity contribution in [3.63, 3.8) is 0 Å². The number of piperazine rings is 1. The van der Waals surface area contributed by atoms with Crippen molar-refractivity contribution in [2.45, 2.75) is 6.92 Å². The maximum Gasteiger partial charge on any atom is 0.270 e. The average molecular weight is 616 g/mol. The van der Waals surface area contributed by atoms with Gasteiger partial charge >= 0.3 is 0 Å². The second-order valence-corrected chi connectivity index (χ2v) is 11.1. The number of nitrogens with one attached hydrogen (secondary N) is 2. The van der Waals surface area contributed by atoms with Crippen molar-refractivity contribution in [3.05, 3.63) is 95.9 Å². The van der Waals surface area contributed by atoms with Crippen LogP contribution < -0.4 is 25.8 Å². The Bertz CT molecular complexity index is 2180. The minimum Gasteiger partial charge on any atom is -0.492 e. The third kappa shape index (κ3) is 5.28. The number of ether oxygens (including phenoxy) is 1. The van der Waals surface area contributed by atoms with E-state index in [2.05, 4.69) is 45.1 Å². The first-order valence-corrected chi connectivity index (χ1v) is 15.1. The lowest BCUT2D eigenvalue weighted by atomic mass is 10.2. The Morgan fingerprint density at radius 3 is 2.63 bits per heavy atom. The van der Waals surface area contributed by atoms with E-state index in [1.165, 1.54) is 12.3 Å². The van der Waals surface area contributed by atoms with E-state index in [0.29, 0.717) is 57.3 Å². The number of fused-ring (bicyclic) bond motifs is 4. The highest BCUT2D eigenvalue weighted by molar-refractivity contribution is 5.99. The van der Waals surface area contributed by atoms with Gasteiger partial charge in [-0.25, -0.2) is 14.4 Å². The molecule has 12 heteroatoms. The van der Waals surface area contributed by atoms with Crippen LogP contribution in [-0.2, 0) is 4.79 Å². The van der Waals surface area contributed by atoms with Crippen molar-refractivity contribution in [2.75, 3.05) is 55.4 Å². The Kier molecular flexibility index (Phi) is 7.55. The highest BCUT2D eigenvalue weighted by Gasteiger charge is 2.20. The molecule has 0 saturated carbocycles. The first-order valence-electron chi connectivity index (χ1n) is 15.1. The zero-order valence-corrected chi connectivity index (χ0v) is 25.6. The predicted molar refractivity (Wildman–Crippen MR) is 181 cm³/mol. The summed E-state index contributed by atoms with van der Waals surface area (Å²) in [4.78, 5) is 44.9. The van der Waals surface area contributed by atoms with Crippen LogP contribution in [0.1, 0.15) is 6.92 Å². The molecule has 2 N–H and O–H groups in total. The monoisotopic (exact) mass is 615 g/mol. The van der Waals surface area contributed by atoms with E-state index in [1.54, 1.807) is 21.1 Å². The van der Waals surface area contributed by atoms with Gasteiger partial charge in [0, 0.05) is 49.8 Å². The number of carbonyl (C=O) groups excluding carboxylic acids is 1. The van der Waals surface area contributed by atoms with Crippen LogP contribution in [0.15, 0.2) is 90.4 Å². The number of aromatic nitrogens is 5. The number of hydrogen-bond donors (Lipinski definition) is 2. The molecule has 1 aliphatic heterocycles. The fourth-order valence-electron chi connectivity index (χ4n) is 5.76. The molecular formula is C34H33N9O3. The molecule has 1 fully saturated rings. The van der Waals surface area contributed by atoms with Crippen molar-refractivity contribution in [1.82, 2.24) is 28.8 Å². The summed E-state index contributed by atoms with van der Waals surface area (Å²) in [6, 6.07) is 20.8. The van der Waals surface area contributed by atoms with E-state index >= 15 is 0 Å². The second kappa shape index (κ2) is 12.0. The van der Waals surface area contributed by atoms with Gasteiger partial charge in [0.1, 0.15) is 11.1 Å². The molecule has 6 aromatic rings. The molecule has 1 saturated heterocycles. The number of hydrogen-bond acceptors (Lipinski definition) is 9. The van der Waals surface area contributed by atoms with Gasteiger partial charge in [0.2, 0.25) is 17.6 Å². The number of para-hydroxylation sites is 2. The van der Waals surface area contributed by atoms with Crippen LogP contribution in [0.4, 0.5) is 23.0 Å².